The molecule has 0 saturated heterocycles. The fraction of sp³-hybridized carbons (Fsp3) is 0. The molecular weight excluding hydrogens is 345 g/mol. The van der Waals surface area contributed by atoms with E-state index in [1.54, 1.807) is 0 Å². The van der Waals surface area contributed by atoms with E-state index in [2.05, 4.69) is 4.72 Å². The Bertz CT molecular complexity index is 790. The molecule has 0 heterocycles. The van der Waals surface area contributed by atoms with Gasteiger partial charge in [-0.15, -0.1) is 0 Å². The van der Waals surface area contributed by atoms with Gasteiger partial charge in [-0.1, -0.05) is 23.2 Å². The minimum Gasteiger partial charge on any atom is -0.396 e. The Morgan fingerprint density at radius 3 is 2.14 bits per heavy atom. The number of anilines is 2. The quantitative estimate of drug-likeness (QED) is 0.828. The molecule has 2 aromatic rings. The highest BCUT2D eigenvalue weighted by Gasteiger charge is 2.19. The molecule has 0 unspecified atom stereocenters. The van der Waals surface area contributed by atoms with Crippen molar-refractivity contribution in [2.75, 3.05) is 10.5 Å². The van der Waals surface area contributed by atoms with Gasteiger partial charge >= 0.3 is 0 Å². The van der Waals surface area contributed by atoms with Crippen molar-refractivity contribution >= 4 is 44.6 Å². The Morgan fingerprint density at radius 2 is 1.62 bits per heavy atom. The fourth-order valence-corrected chi connectivity index (χ4v) is 3.32. The molecule has 0 aliphatic heterocycles. The maximum atomic E-state index is 13.1. The predicted octanol–water partition coefficient (Wildman–Crippen LogP) is 3.65. The van der Waals surface area contributed by atoms with Crippen LogP contribution >= 0.6 is 23.2 Å². The van der Waals surface area contributed by atoms with E-state index in [9.17, 15) is 17.2 Å². The second-order valence-corrected chi connectivity index (χ2v) is 6.53. The summed E-state index contributed by atoms with van der Waals surface area (Å²) in [6.45, 7) is 0. The van der Waals surface area contributed by atoms with Crippen molar-refractivity contribution in [3.05, 3.63) is 52.0 Å². The number of nitrogens with one attached hydrogen (secondary N) is 1. The summed E-state index contributed by atoms with van der Waals surface area (Å²) in [5, 5.41) is -0.419. The van der Waals surface area contributed by atoms with Crippen molar-refractivity contribution in [3.63, 3.8) is 0 Å². The monoisotopic (exact) mass is 352 g/mol. The molecule has 0 aliphatic carbocycles. The van der Waals surface area contributed by atoms with Gasteiger partial charge in [-0.05, 0) is 30.3 Å². The van der Waals surface area contributed by atoms with E-state index < -0.39 is 21.7 Å². The summed E-state index contributed by atoms with van der Waals surface area (Å²) in [6, 6.07) is 4.70. The smallest absolute Gasteiger partial charge is 0.262 e. The Kier molecular flexibility index (Phi) is 4.27. The van der Waals surface area contributed by atoms with Gasteiger partial charge in [0.15, 0.2) is 0 Å². The minimum atomic E-state index is -4.10. The van der Waals surface area contributed by atoms with Crippen LogP contribution in [0.1, 0.15) is 0 Å². The summed E-state index contributed by atoms with van der Waals surface area (Å²) in [7, 11) is -4.10. The molecule has 0 bridgehead atoms. The second kappa shape index (κ2) is 5.67. The highest BCUT2D eigenvalue weighted by Crippen LogP contribution is 2.33. The van der Waals surface area contributed by atoms with Crippen LogP contribution in [0.25, 0.3) is 0 Å². The Hall–Kier alpha value is -1.57. The minimum absolute atomic E-state index is 0.178. The molecule has 0 saturated carbocycles. The van der Waals surface area contributed by atoms with Crippen LogP contribution < -0.4 is 10.5 Å². The van der Waals surface area contributed by atoms with E-state index in [-0.39, 0.29) is 26.3 Å². The molecule has 0 aromatic heterocycles. The van der Waals surface area contributed by atoms with Crippen molar-refractivity contribution in [2.24, 2.45) is 0 Å². The predicted molar refractivity (Wildman–Crippen MR) is 78.0 cm³/mol. The molecule has 0 amide bonds. The summed E-state index contributed by atoms with van der Waals surface area (Å²) < 4.78 is 52.5. The molecule has 0 fully saturated rings. The van der Waals surface area contributed by atoms with Crippen molar-refractivity contribution in [3.8, 4) is 0 Å². The molecular formula is C12H8Cl2F2N2O2S. The maximum absolute atomic E-state index is 13.1. The van der Waals surface area contributed by atoms with Gasteiger partial charge in [-0.25, -0.2) is 17.2 Å². The number of halogens is 4. The van der Waals surface area contributed by atoms with E-state index in [1.807, 2.05) is 0 Å². The molecule has 3 N–H and O–H groups in total. The number of rotatable bonds is 3. The van der Waals surface area contributed by atoms with Gasteiger partial charge in [0.2, 0.25) is 0 Å². The van der Waals surface area contributed by atoms with Gasteiger partial charge in [-0.3, -0.25) is 4.72 Å². The Morgan fingerprint density at radius 1 is 1.05 bits per heavy atom. The first kappa shape index (κ1) is 15.8. The SMILES string of the molecule is Nc1cc(S(=O)(=O)Nc2c(Cl)cc(F)cc2Cl)ccc1F. The zero-order valence-corrected chi connectivity index (χ0v) is 12.5. The zero-order chi connectivity index (χ0) is 15.8. The Labute approximate surface area is 129 Å². The van der Waals surface area contributed by atoms with Gasteiger partial charge < -0.3 is 5.73 Å². The lowest BCUT2D eigenvalue weighted by Crippen LogP contribution is -2.14. The van der Waals surface area contributed by atoms with Crippen LogP contribution in [0.4, 0.5) is 20.2 Å². The van der Waals surface area contributed by atoms with Crippen molar-refractivity contribution in [1.29, 1.82) is 0 Å². The first-order valence-electron chi connectivity index (χ1n) is 5.43. The third-order valence-corrected chi connectivity index (χ3v) is 4.46. The van der Waals surface area contributed by atoms with Gasteiger partial charge in [0.1, 0.15) is 11.6 Å². The van der Waals surface area contributed by atoms with Crippen LogP contribution in [0, 0.1) is 11.6 Å². The molecule has 9 heteroatoms. The van der Waals surface area contributed by atoms with Crippen LogP contribution in [0.15, 0.2) is 35.2 Å². The average Bonchev–Trinajstić information content (AvgIpc) is 2.37. The van der Waals surface area contributed by atoms with Crippen LogP contribution in [-0.4, -0.2) is 8.42 Å². The molecule has 112 valence electrons. The maximum Gasteiger partial charge on any atom is 0.262 e. The molecule has 21 heavy (non-hydrogen) atoms. The lowest BCUT2D eigenvalue weighted by molar-refractivity contribution is 0.600. The Balaban J connectivity index is 2.44. The first-order valence-corrected chi connectivity index (χ1v) is 7.67. The van der Waals surface area contributed by atoms with E-state index in [4.69, 9.17) is 28.9 Å². The van der Waals surface area contributed by atoms with E-state index in [0.29, 0.717) is 0 Å². The standard InChI is InChI=1S/C12H8Cl2F2N2O2S/c13-8-3-6(15)4-9(14)12(8)18-21(19,20)7-1-2-10(16)11(17)5-7/h1-5,18H,17H2. The molecule has 0 aliphatic rings. The van der Waals surface area contributed by atoms with Crippen LogP contribution in [0.2, 0.25) is 10.0 Å². The summed E-state index contributed by atoms with van der Waals surface area (Å²) >= 11 is 11.5. The topological polar surface area (TPSA) is 72.2 Å². The fourth-order valence-electron chi connectivity index (χ4n) is 1.52. The van der Waals surface area contributed by atoms with Gasteiger partial charge in [0.25, 0.3) is 10.0 Å². The number of nitrogen functional groups attached to an aromatic ring is 1. The molecule has 2 rings (SSSR count). The van der Waals surface area contributed by atoms with Crippen molar-refractivity contribution in [1.82, 2.24) is 0 Å². The van der Waals surface area contributed by atoms with Gasteiger partial charge in [0.05, 0.1) is 26.3 Å². The summed E-state index contributed by atoms with van der Waals surface area (Å²) in [4.78, 5) is -0.280. The summed E-state index contributed by atoms with van der Waals surface area (Å²) in [5.74, 6) is -1.45. The molecule has 0 radical (unpaired) electrons. The number of benzene rings is 2. The number of nitrogens with two attached hydrogens (primary N) is 1. The second-order valence-electron chi connectivity index (χ2n) is 4.03. The molecule has 0 atom stereocenters. The third kappa shape index (κ3) is 3.37. The highest BCUT2D eigenvalue weighted by atomic mass is 35.5. The zero-order valence-electron chi connectivity index (χ0n) is 10.2. The van der Waals surface area contributed by atoms with Crippen LogP contribution in [0.3, 0.4) is 0 Å². The van der Waals surface area contributed by atoms with Crippen LogP contribution in [0.5, 0.6) is 0 Å². The van der Waals surface area contributed by atoms with Gasteiger partial charge in [0, 0.05) is 0 Å². The number of hydrogen-bond acceptors (Lipinski definition) is 3. The van der Waals surface area contributed by atoms with E-state index >= 15 is 0 Å². The van der Waals surface area contributed by atoms with E-state index in [0.717, 1.165) is 30.3 Å². The first-order chi connectivity index (χ1) is 9.70. The molecule has 2 aromatic carbocycles. The molecule has 0 spiro atoms. The van der Waals surface area contributed by atoms with Crippen LogP contribution in [-0.2, 0) is 10.0 Å². The lowest BCUT2D eigenvalue weighted by Gasteiger charge is -2.12. The van der Waals surface area contributed by atoms with Crippen molar-refractivity contribution in [2.45, 2.75) is 4.90 Å². The summed E-state index contributed by atoms with van der Waals surface area (Å²) in [6.07, 6.45) is 0. The number of sulfonamides is 1. The largest absolute Gasteiger partial charge is 0.396 e. The molecule has 4 nitrogen and oxygen atoms in total. The van der Waals surface area contributed by atoms with E-state index in [1.165, 1.54) is 0 Å². The normalized spacial score (nSPS) is 11.4. The number of hydrogen-bond donors (Lipinski definition) is 2. The average molecular weight is 353 g/mol. The van der Waals surface area contributed by atoms with Gasteiger partial charge in [-0.2, -0.15) is 0 Å². The lowest BCUT2D eigenvalue weighted by atomic mass is 10.3. The van der Waals surface area contributed by atoms with Crippen molar-refractivity contribution < 1.29 is 17.2 Å². The third-order valence-electron chi connectivity index (χ3n) is 2.52. The highest BCUT2D eigenvalue weighted by molar-refractivity contribution is 7.92. The summed E-state index contributed by atoms with van der Waals surface area (Å²) in [5.41, 5.74) is 4.82.